The van der Waals surface area contributed by atoms with Gasteiger partial charge in [0, 0.05) is 17.2 Å². The van der Waals surface area contributed by atoms with Gasteiger partial charge in [-0.05, 0) is 23.6 Å². The Morgan fingerprint density at radius 1 is 1.16 bits per heavy atom. The van der Waals surface area contributed by atoms with E-state index in [-0.39, 0.29) is 11.1 Å². The Bertz CT molecular complexity index is 587. The molecule has 1 unspecified atom stereocenters. The van der Waals surface area contributed by atoms with Gasteiger partial charge < -0.3 is 0 Å². The van der Waals surface area contributed by atoms with Crippen molar-refractivity contribution in [2.75, 3.05) is 0 Å². The van der Waals surface area contributed by atoms with Crippen molar-refractivity contribution in [3.63, 3.8) is 0 Å². The van der Waals surface area contributed by atoms with Gasteiger partial charge in [-0.1, -0.05) is 41.9 Å². The second-order valence-corrected chi connectivity index (χ2v) is 5.05. The SMILES string of the molecule is O=[N+]([O-])c1ccc(Cl)c(CC(Cl)c2ccccc2)c1. The van der Waals surface area contributed by atoms with E-state index in [0.29, 0.717) is 17.0 Å². The third-order valence-corrected chi connectivity index (χ3v) is 3.58. The molecule has 98 valence electrons. The summed E-state index contributed by atoms with van der Waals surface area (Å²) in [4.78, 5) is 10.3. The predicted molar refractivity (Wildman–Crippen MR) is 76.8 cm³/mol. The van der Waals surface area contributed by atoms with E-state index in [1.54, 1.807) is 0 Å². The maximum Gasteiger partial charge on any atom is 0.269 e. The summed E-state index contributed by atoms with van der Waals surface area (Å²) in [6, 6.07) is 13.9. The zero-order valence-electron chi connectivity index (χ0n) is 9.92. The van der Waals surface area contributed by atoms with Crippen molar-refractivity contribution in [1.82, 2.24) is 0 Å². The van der Waals surface area contributed by atoms with Gasteiger partial charge in [-0.2, -0.15) is 0 Å². The van der Waals surface area contributed by atoms with Crippen LogP contribution in [-0.2, 0) is 6.42 Å². The Hall–Kier alpha value is -1.58. The van der Waals surface area contributed by atoms with Crippen LogP contribution < -0.4 is 0 Å². The van der Waals surface area contributed by atoms with Crippen molar-refractivity contribution < 1.29 is 4.92 Å². The Kier molecular flexibility index (Phi) is 4.40. The first-order valence-corrected chi connectivity index (χ1v) is 6.51. The first kappa shape index (κ1) is 13.8. The summed E-state index contributed by atoms with van der Waals surface area (Å²) in [6.07, 6.45) is 0.450. The highest BCUT2D eigenvalue weighted by Gasteiger charge is 2.14. The fraction of sp³-hybridized carbons (Fsp3) is 0.143. The molecule has 0 aromatic heterocycles. The number of nitrogens with zero attached hydrogens (tertiary/aromatic N) is 1. The van der Waals surface area contributed by atoms with Gasteiger partial charge in [0.15, 0.2) is 0 Å². The molecule has 0 spiro atoms. The van der Waals surface area contributed by atoms with Gasteiger partial charge in [0.05, 0.1) is 10.3 Å². The number of nitro groups is 1. The van der Waals surface area contributed by atoms with E-state index in [1.807, 2.05) is 30.3 Å². The molecule has 3 nitrogen and oxygen atoms in total. The van der Waals surface area contributed by atoms with Crippen LogP contribution in [0.25, 0.3) is 0 Å². The van der Waals surface area contributed by atoms with Crippen LogP contribution in [0.2, 0.25) is 5.02 Å². The summed E-state index contributed by atoms with van der Waals surface area (Å²) in [5.74, 6) is 0. The van der Waals surface area contributed by atoms with Gasteiger partial charge in [-0.25, -0.2) is 0 Å². The normalized spacial score (nSPS) is 12.1. The molecule has 0 aliphatic carbocycles. The number of alkyl halides is 1. The summed E-state index contributed by atoms with van der Waals surface area (Å²) in [6.45, 7) is 0. The van der Waals surface area contributed by atoms with Crippen LogP contribution in [0.5, 0.6) is 0 Å². The average Bonchev–Trinajstić information content (AvgIpc) is 2.42. The van der Waals surface area contributed by atoms with Crippen molar-refractivity contribution in [2.24, 2.45) is 0 Å². The van der Waals surface area contributed by atoms with Crippen LogP contribution >= 0.6 is 23.2 Å². The lowest BCUT2D eigenvalue weighted by molar-refractivity contribution is -0.384. The predicted octanol–water partition coefficient (Wildman–Crippen LogP) is 4.77. The van der Waals surface area contributed by atoms with E-state index in [9.17, 15) is 10.1 Å². The number of hydrogen-bond donors (Lipinski definition) is 0. The lowest BCUT2D eigenvalue weighted by atomic mass is 10.0. The average molecular weight is 296 g/mol. The van der Waals surface area contributed by atoms with E-state index < -0.39 is 4.92 Å². The highest BCUT2D eigenvalue weighted by molar-refractivity contribution is 6.31. The molecular weight excluding hydrogens is 285 g/mol. The standard InChI is InChI=1S/C14H11Cl2NO2/c15-13-7-6-12(17(18)19)8-11(13)9-14(16)10-4-2-1-3-5-10/h1-8,14H,9H2. The summed E-state index contributed by atoms with van der Waals surface area (Å²) in [7, 11) is 0. The molecule has 5 heteroatoms. The first-order chi connectivity index (χ1) is 9.08. The van der Waals surface area contributed by atoms with Crippen molar-refractivity contribution in [2.45, 2.75) is 11.8 Å². The third kappa shape index (κ3) is 3.46. The molecule has 2 aromatic rings. The van der Waals surface area contributed by atoms with E-state index in [1.165, 1.54) is 18.2 Å². The van der Waals surface area contributed by atoms with E-state index in [4.69, 9.17) is 23.2 Å². The van der Waals surface area contributed by atoms with Crippen molar-refractivity contribution >= 4 is 28.9 Å². The number of non-ortho nitro benzene ring substituents is 1. The zero-order chi connectivity index (χ0) is 13.8. The number of benzene rings is 2. The molecule has 0 bridgehead atoms. The topological polar surface area (TPSA) is 43.1 Å². The molecule has 2 aromatic carbocycles. The summed E-state index contributed by atoms with van der Waals surface area (Å²) < 4.78 is 0. The van der Waals surface area contributed by atoms with Crippen LogP contribution in [0.4, 0.5) is 5.69 Å². The van der Waals surface area contributed by atoms with Crippen molar-refractivity contribution in [3.05, 3.63) is 74.8 Å². The van der Waals surface area contributed by atoms with Gasteiger partial charge in [0.25, 0.3) is 5.69 Å². The summed E-state index contributed by atoms with van der Waals surface area (Å²) >= 11 is 12.4. The maximum absolute atomic E-state index is 10.7. The molecule has 0 heterocycles. The Labute approximate surface area is 120 Å². The monoisotopic (exact) mass is 295 g/mol. The second kappa shape index (κ2) is 6.04. The van der Waals surface area contributed by atoms with Gasteiger partial charge in [-0.3, -0.25) is 10.1 Å². The highest BCUT2D eigenvalue weighted by Crippen LogP contribution is 2.30. The third-order valence-electron chi connectivity index (χ3n) is 2.80. The van der Waals surface area contributed by atoms with Gasteiger partial charge >= 0.3 is 0 Å². The lowest BCUT2D eigenvalue weighted by Crippen LogP contribution is -1.98. The molecule has 2 rings (SSSR count). The molecule has 0 saturated heterocycles. The summed E-state index contributed by atoms with van der Waals surface area (Å²) in [5, 5.41) is 11.0. The van der Waals surface area contributed by atoms with Gasteiger partial charge in [-0.15, -0.1) is 11.6 Å². The minimum Gasteiger partial charge on any atom is -0.258 e. The highest BCUT2D eigenvalue weighted by atomic mass is 35.5. The van der Waals surface area contributed by atoms with E-state index >= 15 is 0 Å². The minimum absolute atomic E-state index is 0.0244. The number of nitro benzene ring substituents is 1. The van der Waals surface area contributed by atoms with Gasteiger partial charge in [0.1, 0.15) is 0 Å². The maximum atomic E-state index is 10.7. The second-order valence-electron chi connectivity index (χ2n) is 4.12. The lowest BCUT2D eigenvalue weighted by Gasteiger charge is -2.11. The van der Waals surface area contributed by atoms with Gasteiger partial charge in [0.2, 0.25) is 0 Å². The van der Waals surface area contributed by atoms with E-state index in [2.05, 4.69) is 0 Å². The van der Waals surface area contributed by atoms with Crippen LogP contribution in [0.15, 0.2) is 48.5 Å². The zero-order valence-corrected chi connectivity index (χ0v) is 11.4. The number of rotatable bonds is 4. The Morgan fingerprint density at radius 2 is 1.84 bits per heavy atom. The van der Waals surface area contributed by atoms with Crippen molar-refractivity contribution in [1.29, 1.82) is 0 Å². The first-order valence-electron chi connectivity index (χ1n) is 5.70. The molecule has 1 atom stereocenters. The van der Waals surface area contributed by atoms with Crippen LogP contribution in [-0.4, -0.2) is 4.92 Å². The van der Waals surface area contributed by atoms with E-state index in [0.717, 1.165) is 5.56 Å². The smallest absolute Gasteiger partial charge is 0.258 e. The van der Waals surface area contributed by atoms with Crippen LogP contribution in [0.1, 0.15) is 16.5 Å². The molecule has 0 radical (unpaired) electrons. The molecule has 0 saturated carbocycles. The van der Waals surface area contributed by atoms with Crippen molar-refractivity contribution in [3.8, 4) is 0 Å². The molecule has 0 N–H and O–H groups in total. The summed E-state index contributed by atoms with van der Waals surface area (Å²) in [5.41, 5.74) is 1.67. The minimum atomic E-state index is -0.439. The molecule has 19 heavy (non-hydrogen) atoms. The molecular formula is C14H11Cl2NO2. The Morgan fingerprint density at radius 3 is 2.47 bits per heavy atom. The fourth-order valence-corrected chi connectivity index (χ4v) is 2.31. The van der Waals surface area contributed by atoms with Crippen LogP contribution in [0, 0.1) is 10.1 Å². The molecule has 0 aliphatic rings. The quantitative estimate of drug-likeness (QED) is 0.463. The molecule has 0 aliphatic heterocycles. The molecule has 0 fully saturated rings. The molecule has 0 amide bonds. The number of halogens is 2. The largest absolute Gasteiger partial charge is 0.269 e. The number of hydrogen-bond acceptors (Lipinski definition) is 2. The fourth-order valence-electron chi connectivity index (χ4n) is 1.80. The Balaban J connectivity index is 2.23. The van der Waals surface area contributed by atoms with Crippen LogP contribution in [0.3, 0.4) is 0 Å².